The van der Waals surface area contributed by atoms with Crippen molar-refractivity contribution in [2.45, 2.75) is 30.7 Å². The second-order valence-electron chi connectivity index (χ2n) is 5.53. The first-order chi connectivity index (χ1) is 9.74. The minimum absolute atomic E-state index is 0.161. The summed E-state index contributed by atoms with van der Waals surface area (Å²) >= 11 is 0. The summed E-state index contributed by atoms with van der Waals surface area (Å²) in [7, 11) is 0. The Hall–Kier alpha value is -1.91. The van der Waals surface area contributed by atoms with Gasteiger partial charge in [0, 0.05) is 17.7 Å². The number of aromatic nitrogens is 1. The van der Waals surface area contributed by atoms with Crippen LogP contribution >= 0.6 is 0 Å². The molecule has 1 fully saturated rings. The quantitative estimate of drug-likeness (QED) is 0.570. The fraction of sp³-hybridized carbons (Fsp3) is 0.312. The van der Waals surface area contributed by atoms with E-state index < -0.39 is 0 Å². The Morgan fingerprint density at radius 2 is 1.95 bits per heavy atom. The number of benzene rings is 1. The molecule has 1 atom stereocenters. The monoisotopic (exact) mass is 268 g/mol. The van der Waals surface area contributed by atoms with Gasteiger partial charge in [-0.05, 0) is 42.5 Å². The van der Waals surface area contributed by atoms with Crippen LogP contribution in [0.15, 0.2) is 48.7 Å². The molecule has 0 spiro atoms. The van der Waals surface area contributed by atoms with Crippen LogP contribution in [0.4, 0.5) is 5.82 Å². The Balaban J connectivity index is 1.84. The molecular weight excluding hydrogens is 248 g/mol. The number of nitrogens with one attached hydrogen (secondary N) is 1. The van der Waals surface area contributed by atoms with Gasteiger partial charge in [-0.15, -0.1) is 0 Å². The van der Waals surface area contributed by atoms with E-state index in [9.17, 15) is 0 Å². The summed E-state index contributed by atoms with van der Waals surface area (Å²) < 4.78 is 0. The normalized spacial score (nSPS) is 17.6. The van der Waals surface area contributed by atoms with Crippen molar-refractivity contribution in [2.75, 3.05) is 5.73 Å². The number of anilines is 1. The topological polar surface area (TPSA) is 77.0 Å². The molecule has 1 aromatic carbocycles. The fourth-order valence-electron chi connectivity index (χ4n) is 3.01. The molecule has 0 amide bonds. The summed E-state index contributed by atoms with van der Waals surface area (Å²) in [5, 5.41) is 0. The second-order valence-corrected chi connectivity index (χ2v) is 5.53. The highest BCUT2D eigenvalue weighted by atomic mass is 15.2. The molecular formula is C16H20N4. The molecule has 5 N–H and O–H groups in total. The molecule has 1 unspecified atom stereocenters. The molecule has 3 rings (SSSR count). The van der Waals surface area contributed by atoms with Crippen molar-refractivity contribution in [1.82, 2.24) is 10.4 Å². The molecule has 2 aromatic rings. The van der Waals surface area contributed by atoms with E-state index in [1.54, 1.807) is 6.20 Å². The van der Waals surface area contributed by atoms with Gasteiger partial charge in [-0.25, -0.2) is 4.98 Å². The van der Waals surface area contributed by atoms with Gasteiger partial charge in [-0.1, -0.05) is 30.3 Å². The van der Waals surface area contributed by atoms with Crippen LogP contribution in [0.25, 0.3) is 0 Å². The summed E-state index contributed by atoms with van der Waals surface area (Å²) in [5.74, 6) is 6.38. The van der Waals surface area contributed by atoms with Crippen LogP contribution in [0.3, 0.4) is 0 Å². The standard InChI is InChI=1S/C16H20N4/c17-15-11-12(6-9-19-15)10-14(20-18)16(7-8-16)13-4-2-1-3-5-13/h1-6,9,11,14,20H,7-8,10,18H2,(H2,17,19). The molecule has 0 radical (unpaired) electrons. The predicted molar refractivity (Wildman–Crippen MR) is 80.8 cm³/mol. The average molecular weight is 268 g/mol. The molecule has 1 saturated carbocycles. The summed E-state index contributed by atoms with van der Waals surface area (Å²) in [6.45, 7) is 0. The van der Waals surface area contributed by atoms with Crippen molar-refractivity contribution in [3.8, 4) is 0 Å². The van der Waals surface area contributed by atoms with Crippen molar-refractivity contribution in [1.29, 1.82) is 0 Å². The minimum Gasteiger partial charge on any atom is -0.384 e. The average Bonchev–Trinajstić information content (AvgIpc) is 3.27. The highest BCUT2D eigenvalue weighted by molar-refractivity contribution is 5.37. The third kappa shape index (κ3) is 2.40. The molecule has 0 saturated heterocycles. The molecule has 4 heteroatoms. The van der Waals surface area contributed by atoms with Crippen LogP contribution < -0.4 is 17.0 Å². The van der Waals surface area contributed by atoms with E-state index in [2.05, 4.69) is 34.7 Å². The number of pyridine rings is 1. The lowest BCUT2D eigenvalue weighted by atomic mass is 9.85. The SMILES string of the molecule is NNC(Cc1ccnc(N)c1)C1(c2ccccc2)CC1. The molecule has 0 bridgehead atoms. The number of nitrogens with two attached hydrogens (primary N) is 2. The summed E-state index contributed by atoms with van der Waals surface area (Å²) in [4.78, 5) is 4.04. The first-order valence-electron chi connectivity index (χ1n) is 6.97. The highest BCUT2D eigenvalue weighted by Gasteiger charge is 2.50. The first-order valence-corrected chi connectivity index (χ1v) is 6.97. The first kappa shape index (κ1) is 13.1. The zero-order valence-electron chi connectivity index (χ0n) is 11.4. The lowest BCUT2D eigenvalue weighted by Gasteiger charge is -2.27. The molecule has 20 heavy (non-hydrogen) atoms. The Kier molecular flexibility index (Phi) is 3.42. The van der Waals surface area contributed by atoms with Crippen LogP contribution in [0.1, 0.15) is 24.0 Å². The zero-order chi connectivity index (χ0) is 14.0. The molecule has 104 valence electrons. The summed E-state index contributed by atoms with van der Waals surface area (Å²) in [6, 6.07) is 14.8. The third-order valence-electron chi connectivity index (χ3n) is 4.29. The van der Waals surface area contributed by atoms with Gasteiger partial charge in [0.05, 0.1) is 0 Å². The van der Waals surface area contributed by atoms with E-state index >= 15 is 0 Å². The maximum Gasteiger partial charge on any atom is 0.123 e. The molecule has 1 aromatic heterocycles. The van der Waals surface area contributed by atoms with Crippen LogP contribution in [0, 0.1) is 0 Å². The van der Waals surface area contributed by atoms with Crippen molar-refractivity contribution < 1.29 is 0 Å². The Morgan fingerprint density at radius 1 is 1.20 bits per heavy atom. The molecule has 1 aliphatic rings. The van der Waals surface area contributed by atoms with Gasteiger partial charge in [0.2, 0.25) is 0 Å². The maximum atomic E-state index is 5.83. The smallest absolute Gasteiger partial charge is 0.123 e. The van der Waals surface area contributed by atoms with E-state index in [1.165, 1.54) is 24.0 Å². The van der Waals surface area contributed by atoms with E-state index in [0.29, 0.717) is 5.82 Å². The number of nitrogen functional groups attached to an aromatic ring is 1. The molecule has 1 aliphatic carbocycles. The van der Waals surface area contributed by atoms with E-state index in [-0.39, 0.29) is 11.5 Å². The van der Waals surface area contributed by atoms with Crippen molar-refractivity contribution in [3.63, 3.8) is 0 Å². The molecule has 4 nitrogen and oxygen atoms in total. The second kappa shape index (κ2) is 5.23. The lowest BCUT2D eigenvalue weighted by Crippen LogP contribution is -2.45. The van der Waals surface area contributed by atoms with Crippen LogP contribution in [-0.4, -0.2) is 11.0 Å². The number of rotatable bonds is 5. The van der Waals surface area contributed by atoms with Crippen LogP contribution in [0.2, 0.25) is 0 Å². The van der Waals surface area contributed by atoms with E-state index in [0.717, 1.165) is 6.42 Å². The van der Waals surface area contributed by atoms with Gasteiger partial charge >= 0.3 is 0 Å². The highest BCUT2D eigenvalue weighted by Crippen LogP contribution is 2.51. The molecule has 1 heterocycles. The van der Waals surface area contributed by atoms with Crippen molar-refractivity contribution >= 4 is 5.82 Å². The van der Waals surface area contributed by atoms with Gasteiger partial charge in [-0.2, -0.15) is 0 Å². The number of hydrazine groups is 1. The Bertz CT molecular complexity index is 578. The largest absolute Gasteiger partial charge is 0.384 e. The molecule has 0 aliphatic heterocycles. The van der Waals surface area contributed by atoms with Gasteiger partial charge in [0.25, 0.3) is 0 Å². The van der Waals surface area contributed by atoms with E-state index in [1.807, 2.05) is 18.2 Å². The lowest BCUT2D eigenvalue weighted by molar-refractivity contribution is 0.420. The van der Waals surface area contributed by atoms with Crippen molar-refractivity contribution in [3.05, 3.63) is 59.8 Å². The summed E-state index contributed by atoms with van der Waals surface area (Å²) in [5.41, 5.74) is 11.5. The zero-order valence-corrected chi connectivity index (χ0v) is 11.4. The Morgan fingerprint density at radius 3 is 2.55 bits per heavy atom. The van der Waals surface area contributed by atoms with Gasteiger partial charge in [0.15, 0.2) is 0 Å². The number of hydrogen-bond acceptors (Lipinski definition) is 4. The maximum absolute atomic E-state index is 5.83. The van der Waals surface area contributed by atoms with Gasteiger partial charge in [-0.3, -0.25) is 11.3 Å². The van der Waals surface area contributed by atoms with Crippen molar-refractivity contribution in [2.24, 2.45) is 5.84 Å². The summed E-state index contributed by atoms with van der Waals surface area (Å²) in [6.07, 6.45) is 4.96. The fourth-order valence-corrected chi connectivity index (χ4v) is 3.01. The Labute approximate surface area is 119 Å². The van der Waals surface area contributed by atoms with Gasteiger partial charge in [0.1, 0.15) is 5.82 Å². The minimum atomic E-state index is 0.161. The van der Waals surface area contributed by atoms with Gasteiger partial charge < -0.3 is 5.73 Å². The van der Waals surface area contributed by atoms with Crippen LogP contribution in [0.5, 0.6) is 0 Å². The van der Waals surface area contributed by atoms with E-state index in [4.69, 9.17) is 11.6 Å². The number of nitrogens with zero attached hydrogens (tertiary/aromatic N) is 1. The third-order valence-corrected chi connectivity index (χ3v) is 4.29. The number of hydrogen-bond donors (Lipinski definition) is 3. The van der Waals surface area contributed by atoms with Crippen LogP contribution in [-0.2, 0) is 11.8 Å². The predicted octanol–water partition coefficient (Wildman–Crippen LogP) is 1.77.